The summed E-state index contributed by atoms with van der Waals surface area (Å²) in [7, 11) is 0. The van der Waals surface area contributed by atoms with E-state index in [1.54, 1.807) is 0 Å². The van der Waals surface area contributed by atoms with E-state index in [9.17, 15) is 14.4 Å². The van der Waals surface area contributed by atoms with Gasteiger partial charge in [0.15, 0.2) is 0 Å². The van der Waals surface area contributed by atoms with Crippen LogP contribution in [-0.2, 0) is 14.3 Å². The van der Waals surface area contributed by atoms with E-state index in [2.05, 4.69) is 34.9 Å². The van der Waals surface area contributed by atoms with Gasteiger partial charge in [0, 0.05) is 18.9 Å². The van der Waals surface area contributed by atoms with E-state index in [4.69, 9.17) is 9.84 Å². The minimum absolute atomic E-state index is 0.0168. The molecular formula is C28H34N2O5. The zero-order valence-corrected chi connectivity index (χ0v) is 20.0. The van der Waals surface area contributed by atoms with Gasteiger partial charge in [0.1, 0.15) is 12.6 Å². The molecule has 2 aromatic carbocycles. The molecule has 0 saturated heterocycles. The van der Waals surface area contributed by atoms with Crippen LogP contribution in [0.5, 0.6) is 0 Å². The molecule has 1 saturated carbocycles. The molecule has 0 aromatic heterocycles. The van der Waals surface area contributed by atoms with Crippen molar-refractivity contribution in [2.45, 2.75) is 63.3 Å². The fourth-order valence-corrected chi connectivity index (χ4v) is 4.85. The van der Waals surface area contributed by atoms with Crippen LogP contribution in [0.15, 0.2) is 48.5 Å². The molecule has 2 amide bonds. The Morgan fingerprint density at radius 1 is 0.886 bits per heavy atom. The van der Waals surface area contributed by atoms with Crippen LogP contribution in [0.3, 0.4) is 0 Å². The topological polar surface area (TPSA) is 105 Å². The second kappa shape index (κ2) is 11.9. The minimum atomic E-state index is -0.757. The molecule has 0 bridgehead atoms. The maximum absolute atomic E-state index is 12.7. The lowest BCUT2D eigenvalue weighted by Gasteiger charge is -2.19. The Labute approximate surface area is 206 Å². The molecule has 1 unspecified atom stereocenters. The Kier molecular flexibility index (Phi) is 8.40. The van der Waals surface area contributed by atoms with Crippen LogP contribution in [-0.4, -0.2) is 42.3 Å². The van der Waals surface area contributed by atoms with Crippen LogP contribution in [0, 0.1) is 5.92 Å². The first-order chi connectivity index (χ1) is 17.0. The fraction of sp³-hybridized carbons (Fsp3) is 0.464. The molecule has 0 radical (unpaired) electrons. The van der Waals surface area contributed by atoms with Gasteiger partial charge >= 0.3 is 12.1 Å². The Morgan fingerprint density at radius 3 is 2.11 bits per heavy atom. The van der Waals surface area contributed by atoms with Crippen molar-refractivity contribution >= 4 is 18.0 Å². The van der Waals surface area contributed by atoms with Crippen molar-refractivity contribution in [2.75, 3.05) is 13.2 Å². The molecule has 2 aliphatic rings. The third kappa shape index (κ3) is 6.62. The van der Waals surface area contributed by atoms with E-state index >= 15 is 0 Å². The number of nitrogens with one attached hydrogen (secondary N) is 2. The molecule has 3 N–H and O–H groups in total. The SMILES string of the molecule is O=C(O)CCCCCCCNC(=O)C(NC(=O)OCC1c2ccccc2-c2ccccc21)C1CC1. The van der Waals surface area contributed by atoms with Crippen molar-refractivity contribution in [3.05, 3.63) is 59.7 Å². The molecule has 0 aliphatic heterocycles. The summed E-state index contributed by atoms with van der Waals surface area (Å²) in [4.78, 5) is 35.9. The van der Waals surface area contributed by atoms with Crippen LogP contribution >= 0.6 is 0 Å². The van der Waals surface area contributed by atoms with E-state index in [0.717, 1.165) is 49.7 Å². The van der Waals surface area contributed by atoms with E-state index in [1.165, 1.54) is 11.1 Å². The number of benzene rings is 2. The van der Waals surface area contributed by atoms with E-state index < -0.39 is 18.1 Å². The number of aliphatic carboxylic acids is 1. The van der Waals surface area contributed by atoms with Crippen molar-refractivity contribution in [3.8, 4) is 11.1 Å². The summed E-state index contributed by atoms with van der Waals surface area (Å²) in [5, 5.41) is 14.4. The normalized spacial score (nSPS) is 15.1. The van der Waals surface area contributed by atoms with Gasteiger partial charge in [0.2, 0.25) is 5.91 Å². The first kappa shape index (κ1) is 24.8. The zero-order chi connectivity index (χ0) is 24.6. The minimum Gasteiger partial charge on any atom is -0.481 e. The van der Waals surface area contributed by atoms with Gasteiger partial charge in [-0.05, 0) is 53.9 Å². The Balaban J connectivity index is 1.22. The standard InChI is InChI=1S/C28H34N2O5/c31-25(32)14-4-2-1-3-9-17-29-27(33)26(19-15-16-19)30-28(34)35-18-24-22-12-7-5-10-20(22)21-11-6-8-13-23(21)24/h5-8,10-13,19,24,26H,1-4,9,14-18H2,(H,29,33)(H,30,34)(H,31,32). The fourth-order valence-electron chi connectivity index (χ4n) is 4.85. The second-order valence-corrected chi connectivity index (χ2v) is 9.49. The monoisotopic (exact) mass is 478 g/mol. The first-order valence-electron chi connectivity index (χ1n) is 12.7. The Morgan fingerprint density at radius 2 is 1.49 bits per heavy atom. The molecule has 186 valence electrons. The summed E-state index contributed by atoms with van der Waals surface area (Å²) < 4.78 is 5.62. The van der Waals surface area contributed by atoms with Crippen LogP contribution in [0.25, 0.3) is 11.1 Å². The number of ether oxygens (including phenoxy) is 1. The predicted molar refractivity (Wildman–Crippen MR) is 133 cm³/mol. The molecule has 35 heavy (non-hydrogen) atoms. The van der Waals surface area contributed by atoms with Gasteiger partial charge in [-0.3, -0.25) is 9.59 Å². The number of carboxylic acid groups (broad SMARTS) is 1. The number of fused-ring (bicyclic) bond motifs is 3. The van der Waals surface area contributed by atoms with E-state index in [0.29, 0.717) is 13.0 Å². The maximum Gasteiger partial charge on any atom is 0.407 e. The number of unbranched alkanes of at least 4 members (excludes halogenated alkanes) is 4. The van der Waals surface area contributed by atoms with Gasteiger partial charge in [-0.1, -0.05) is 67.8 Å². The highest BCUT2D eigenvalue weighted by molar-refractivity contribution is 5.86. The second-order valence-electron chi connectivity index (χ2n) is 9.49. The maximum atomic E-state index is 12.7. The van der Waals surface area contributed by atoms with Crippen molar-refractivity contribution in [1.29, 1.82) is 0 Å². The number of carbonyl (C=O) groups excluding carboxylic acids is 2. The lowest BCUT2D eigenvalue weighted by molar-refractivity contribution is -0.137. The molecule has 2 aliphatic carbocycles. The summed E-state index contributed by atoms with van der Waals surface area (Å²) in [5.41, 5.74) is 4.66. The van der Waals surface area contributed by atoms with Gasteiger partial charge in [0.25, 0.3) is 0 Å². The van der Waals surface area contributed by atoms with Gasteiger partial charge in [0.05, 0.1) is 0 Å². The summed E-state index contributed by atoms with van der Waals surface area (Å²) in [5.74, 6) is -0.775. The molecule has 0 heterocycles. The molecule has 7 nitrogen and oxygen atoms in total. The van der Waals surface area contributed by atoms with Crippen molar-refractivity contribution in [3.63, 3.8) is 0 Å². The predicted octanol–water partition coefficient (Wildman–Crippen LogP) is 4.85. The van der Waals surface area contributed by atoms with E-state index in [-0.39, 0.29) is 30.8 Å². The number of hydrogen-bond donors (Lipinski definition) is 3. The van der Waals surface area contributed by atoms with Crippen LogP contribution < -0.4 is 10.6 Å². The smallest absolute Gasteiger partial charge is 0.407 e. The number of hydrogen-bond acceptors (Lipinski definition) is 4. The molecule has 4 rings (SSSR count). The van der Waals surface area contributed by atoms with Gasteiger partial charge < -0.3 is 20.5 Å². The largest absolute Gasteiger partial charge is 0.481 e. The quantitative estimate of drug-likeness (QED) is 0.357. The highest BCUT2D eigenvalue weighted by Crippen LogP contribution is 2.44. The number of alkyl carbamates (subject to hydrolysis) is 1. The molecule has 1 fully saturated rings. The lowest BCUT2D eigenvalue weighted by atomic mass is 9.98. The molecule has 1 atom stereocenters. The summed E-state index contributed by atoms with van der Waals surface area (Å²) in [6.45, 7) is 0.772. The van der Waals surface area contributed by atoms with Gasteiger partial charge in [-0.15, -0.1) is 0 Å². The Hall–Kier alpha value is -3.35. The molecule has 7 heteroatoms. The van der Waals surface area contributed by atoms with E-state index in [1.807, 2.05) is 24.3 Å². The van der Waals surface area contributed by atoms with Gasteiger partial charge in [-0.25, -0.2) is 4.79 Å². The molecular weight excluding hydrogens is 444 g/mol. The molecule has 2 aromatic rings. The van der Waals surface area contributed by atoms with Crippen molar-refractivity contribution < 1.29 is 24.2 Å². The van der Waals surface area contributed by atoms with Gasteiger partial charge in [-0.2, -0.15) is 0 Å². The highest BCUT2D eigenvalue weighted by Gasteiger charge is 2.38. The highest BCUT2D eigenvalue weighted by atomic mass is 16.5. The third-order valence-corrected chi connectivity index (χ3v) is 6.86. The van der Waals surface area contributed by atoms with Crippen LogP contribution in [0.1, 0.15) is 68.4 Å². The Bertz CT molecular complexity index is 1000. The van der Waals surface area contributed by atoms with Crippen molar-refractivity contribution in [1.82, 2.24) is 10.6 Å². The molecule has 0 spiro atoms. The van der Waals surface area contributed by atoms with Crippen LogP contribution in [0.2, 0.25) is 0 Å². The summed E-state index contributed by atoms with van der Waals surface area (Å²) >= 11 is 0. The summed E-state index contributed by atoms with van der Waals surface area (Å²) in [6.07, 6.45) is 5.79. The average Bonchev–Trinajstić information content (AvgIpc) is 3.65. The zero-order valence-electron chi connectivity index (χ0n) is 20.0. The third-order valence-electron chi connectivity index (χ3n) is 6.86. The van der Waals surface area contributed by atoms with Crippen molar-refractivity contribution in [2.24, 2.45) is 5.92 Å². The number of carboxylic acids is 1. The number of amides is 2. The number of carbonyl (C=O) groups is 3. The first-order valence-corrected chi connectivity index (χ1v) is 12.7. The van der Waals surface area contributed by atoms with Crippen LogP contribution in [0.4, 0.5) is 4.79 Å². The number of rotatable bonds is 13. The lowest BCUT2D eigenvalue weighted by Crippen LogP contribution is -2.48. The average molecular weight is 479 g/mol. The summed E-state index contributed by atoms with van der Waals surface area (Å²) in [6, 6.07) is 15.8.